The van der Waals surface area contributed by atoms with Crippen molar-refractivity contribution in [1.82, 2.24) is 0 Å². The van der Waals surface area contributed by atoms with E-state index in [1.807, 2.05) is 0 Å². The van der Waals surface area contributed by atoms with Crippen LogP contribution in [0.15, 0.2) is 18.2 Å². The van der Waals surface area contributed by atoms with Crippen LogP contribution in [0.25, 0.3) is 0 Å². The van der Waals surface area contributed by atoms with Crippen molar-refractivity contribution >= 4 is 28.9 Å². The minimum atomic E-state index is -4.67. The summed E-state index contributed by atoms with van der Waals surface area (Å²) in [6, 6.07) is 3.55. The molecule has 0 saturated heterocycles. The lowest BCUT2D eigenvalue weighted by Gasteiger charge is -2.22. The highest BCUT2D eigenvalue weighted by Crippen LogP contribution is 2.32. The highest BCUT2D eigenvalue weighted by molar-refractivity contribution is 6.36. The first-order valence-corrected chi connectivity index (χ1v) is 4.14. The maximum absolute atomic E-state index is 12.1. The van der Waals surface area contributed by atoms with Crippen molar-refractivity contribution in [1.29, 1.82) is 0 Å². The lowest BCUT2D eigenvalue weighted by atomic mass is 10.3. The quantitative estimate of drug-likeness (QED) is 0.467. The summed E-state index contributed by atoms with van der Waals surface area (Å²) in [5.74, 6) is 4.80. The molecular weight excluding hydrogens is 240 g/mol. The van der Waals surface area contributed by atoms with Crippen molar-refractivity contribution in [2.45, 2.75) is 6.30 Å². The molecule has 1 aromatic carbocycles. The zero-order chi connectivity index (χ0) is 10.9. The fraction of sp³-hybridized carbons (Fsp3) is 0.143. The Bertz CT molecular complexity index is 340. The van der Waals surface area contributed by atoms with Gasteiger partial charge in [-0.05, 0) is 18.2 Å². The van der Waals surface area contributed by atoms with Gasteiger partial charge in [-0.15, -0.1) is 13.2 Å². The standard InChI is InChI=1S/C7H5Cl2F3N2/c8-4-1-2-6(5(9)3-4)14(13)7(10,11)12/h1-3H,13H2. The van der Waals surface area contributed by atoms with E-state index in [9.17, 15) is 13.2 Å². The van der Waals surface area contributed by atoms with Crippen LogP contribution in [-0.4, -0.2) is 6.30 Å². The molecule has 1 rings (SSSR count). The summed E-state index contributed by atoms with van der Waals surface area (Å²) in [4.78, 5) is 0. The van der Waals surface area contributed by atoms with Gasteiger partial charge in [-0.1, -0.05) is 23.2 Å². The molecule has 0 aromatic heterocycles. The van der Waals surface area contributed by atoms with E-state index in [0.717, 1.165) is 6.07 Å². The van der Waals surface area contributed by atoms with Crippen LogP contribution in [0, 0.1) is 0 Å². The molecule has 0 bridgehead atoms. The number of hydrogen-bond donors (Lipinski definition) is 1. The first kappa shape index (κ1) is 11.4. The smallest absolute Gasteiger partial charge is 0.240 e. The van der Waals surface area contributed by atoms with Crippen molar-refractivity contribution in [2.24, 2.45) is 5.84 Å². The number of alkyl halides is 3. The Morgan fingerprint density at radius 3 is 2.21 bits per heavy atom. The summed E-state index contributed by atoms with van der Waals surface area (Å²) in [7, 11) is 0. The van der Waals surface area contributed by atoms with Crippen molar-refractivity contribution in [3.05, 3.63) is 28.2 Å². The molecule has 0 aliphatic heterocycles. The van der Waals surface area contributed by atoms with Gasteiger partial charge in [0.1, 0.15) is 0 Å². The van der Waals surface area contributed by atoms with Gasteiger partial charge in [0.15, 0.2) is 0 Å². The normalized spacial score (nSPS) is 11.6. The van der Waals surface area contributed by atoms with Crippen LogP contribution in [0.1, 0.15) is 0 Å². The summed E-state index contributed by atoms with van der Waals surface area (Å²) in [5, 5.41) is -0.280. The summed E-state index contributed by atoms with van der Waals surface area (Å²) in [6.07, 6.45) is -4.67. The minimum Gasteiger partial charge on any atom is -0.240 e. The van der Waals surface area contributed by atoms with E-state index in [1.165, 1.54) is 12.1 Å². The van der Waals surface area contributed by atoms with Gasteiger partial charge in [-0.3, -0.25) is 0 Å². The van der Waals surface area contributed by atoms with E-state index < -0.39 is 6.30 Å². The summed E-state index contributed by atoms with van der Waals surface area (Å²) in [5.41, 5.74) is -0.344. The van der Waals surface area contributed by atoms with Gasteiger partial charge in [0.05, 0.1) is 10.7 Å². The van der Waals surface area contributed by atoms with Gasteiger partial charge >= 0.3 is 6.30 Å². The number of nitrogens with two attached hydrogens (primary N) is 1. The number of hydrazine groups is 1. The predicted octanol–water partition coefficient (Wildman–Crippen LogP) is 3.19. The highest BCUT2D eigenvalue weighted by atomic mass is 35.5. The second-order valence-corrected chi connectivity index (χ2v) is 3.28. The zero-order valence-electron chi connectivity index (χ0n) is 6.65. The van der Waals surface area contributed by atoms with E-state index in [1.54, 1.807) is 0 Å². The fourth-order valence-corrected chi connectivity index (χ4v) is 1.31. The number of benzene rings is 1. The molecule has 2 nitrogen and oxygen atoms in total. The fourth-order valence-electron chi connectivity index (χ4n) is 0.813. The van der Waals surface area contributed by atoms with Gasteiger partial charge in [0.2, 0.25) is 0 Å². The van der Waals surface area contributed by atoms with E-state index in [2.05, 4.69) is 0 Å². The molecule has 0 fully saturated rings. The first-order valence-electron chi connectivity index (χ1n) is 3.39. The molecule has 1 aromatic rings. The van der Waals surface area contributed by atoms with E-state index in [-0.39, 0.29) is 20.7 Å². The Labute approximate surface area is 88.0 Å². The molecule has 0 saturated carbocycles. The van der Waals surface area contributed by atoms with Crippen LogP contribution < -0.4 is 10.9 Å². The maximum Gasteiger partial charge on any atom is 0.498 e. The lowest BCUT2D eigenvalue weighted by molar-refractivity contribution is -0.129. The largest absolute Gasteiger partial charge is 0.498 e. The summed E-state index contributed by atoms with van der Waals surface area (Å²) < 4.78 is 36.4. The Morgan fingerprint density at radius 1 is 1.21 bits per heavy atom. The SMILES string of the molecule is NN(c1ccc(Cl)cc1Cl)C(F)(F)F. The molecule has 7 heteroatoms. The molecule has 14 heavy (non-hydrogen) atoms. The number of hydrogen-bond acceptors (Lipinski definition) is 2. The van der Waals surface area contributed by atoms with Crippen LogP contribution in [0.4, 0.5) is 18.9 Å². The minimum absolute atomic E-state index is 0.155. The Kier molecular flexibility index (Phi) is 3.14. The number of rotatable bonds is 1. The van der Waals surface area contributed by atoms with Gasteiger partial charge in [0.25, 0.3) is 0 Å². The zero-order valence-corrected chi connectivity index (χ0v) is 8.16. The van der Waals surface area contributed by atoms with Crippen LogP contribution in [0.3, 0.4) is 0 Å². The van der Waals surface area contributed by atoms with Crippen LogP contribution in [-0.2, 0) is 0 Å². The molecule has 0 unspecified atom stereocenters. The van der Waals surface area contributed by atoms with E-state index in [0.29, 0.717) is 0 Å². The molecule has 0 aliphatic rings. The second-order valence-electron chi connectivity index (χ2n) is 2.43. The van der Waals surface area contributed by atoms with Gasteiger partial charge in [0, 0.05) is 5.02 Å². The first-order chi connectivity index (χ1) is 6.32. The molecule has 78 valence electrons. The molecule has 0 spiro atoms. The molecular formula is C7H5Cl2F3N2. The molecule has 0 aliphatic carbocycles. The van der Waals surface area contributed by atoms with E-state index >= 15 is 0 Å². The van der Waals surface area contributed by atoms with Crippen molar-refractivity contribution in [3.8, 4) is 0 Å². The third-order valence-corrected chi connectivity index (χ3v) is 1.98. The third kappa shape index (κ3) is 2.43. The van der Waals surface area contributed by atoms with Crippen molar-refractivity contribution in [2.75, 3.05) is 5.01 Å². The number of halogens is 5. The molecule has 0 heterocycles. The van der Waals surface area contributed by atoms with Crippen LogP contribution in [0.2, 0.25) is 10.0 Å². The maximum atomic E-state index is 12.1. The number of anilines is 1. The highest BCUT2D eigenvalue weighted by Gasteiger charge is 2.36. The van der Waals surface area contributed by atoms with Gasteiger partial charge in [-0.25, -0.2) is 10.9 Å². The second kappa shape index (κ2) is 3.84. The molecule has 0 amide bonds. The lowest BCUT2D eigenvalue weighted by Crippen LogP contribution is -2.44. The van der Waals surface area contributed by atoms with Crippen molar-refractivity contribution < 1.29 is 13.2 Å². The Balaban J connectivity index is 3.08. The third-order valence-electron chi connectivity index (χ3n) is 1.44. The molecule has 0 radical (unpaired) electrons. The predicted molar refractivity (Wildman–Crippen MR) is 49.2 cm³/mol. The monoisotopic (exact) mass is 244 g/mol. The van der Waals surface area contributed by atoms with Gasteiger partial charge < -0.3 is 0 Å². The average Bonchev–Trinajstić information content (AvgIpc) is 2.01. The van der Waals surface area contributed by atoms with Crippen LogP contribution in [0.5, 0.6) is 0 Å². The Morgan fingerprint density at radius 2 is 1.79 bits per heavy atom. The van der Waals surface area contributed by atoms with Gasteiger partial charge in [-0.2, -0.15) is 0 Å². The topological polar surface area (TPSA) is 29.3 Å². The molecule has 0 atom stereocenters. The summed E-state index contributed by atoms with van der Waals surface area (Å²) >= 11 is 11.0. The van der Waals surface area contributed by atoms with E-state index in [4.69, 9.17) is 29.0 Å². The number of nitrogens with zero attached hydrogens (tertiary/aromatic N) is 1. The molecule has 2 N–H and O–H groups in total. The van der Waals surface area contributed by atoms with Crippen LogP contribution >= 0.6 is 23.2 Å². The van der Waals surface area contributed by atoms with Crippen molar-refractivity contribution in [3.63, 3.8) is 0 Å². The average molecular weight is 245 g/mol. The Hall–Kier alpha value is -0.650. The summed E-state index contributed by atoms with van der Waals surface area (Å²) in [6.45, 7) is 0.